The number of nitrogens with two attached hydrogens (primary N) is 1. The van der Waals surface area contributed by atoms with Gasteiger partial charge in [-0.3, -0.25) is 4.79 Å². The molecular weight excluding hydrogens is 224 g/mol. The van der Waals surface area contributed by atoms with Crippen LogP contribution in [0.3, 0.4) is 0 Å². The Hall–Kier alpha value is -1.77. The molecular formula is C15H22N2O. The normalized spacial score (nSPS) is 11.1. The number of hydrogen-bond donors (Lipinski definition) is 1. The van der Waals surface area contributed by atoms with Crippen LogP contribution in [0.2, 0.25) is 0 Å². The van der Waals surface area contributed by atoms with E-state index in [0.29, 0.717) is 5.92 Å². The van der Waals surface area contributed by atoms with E-state index in [1.807, 2.05) is 42.2 Å². The second-order valence-electron chi connectivity index (χ2n) is 4.77. The van der Waals surface area contributed by atoms with E-state index < -0.39 is 0 Å². The van der Waals surface area contributed by atoms with E-state index in [4.69, 9.17) is 5.73 Å². The maximum atomic E-state index is 12.0. The van der Waals surface area contributed by atoms with Gasteiger partial charge in [-0.05, 0) is 36.6 Å². The van der Waals surface area contributed by atoms with Crippen molar-refractivity contribution in [3.05, 3.63) is 35.9 Å². The molecule has 0 spiro atoms. The van der Waals surface area contributed by atoms with Crippen LogP contribution in [0, 0.1) is 5.92 Å². The highest BCUT2D eigenvalue weighted by molar-refractivity contribution is 5.91. The number of hydrogen-bond acceptors (Lipinski definition) is 2. The monoisotopic (exact) mass is 246 g/mol. The summed E-state index contributed by atoms with van der Waals surface area (Å²) in [5.74, 6) is 0.543. The van der Waals surface area contributed by atoms with Gasteiger partial charge in [0.1, 0.15) is 0 Å². The molecule has 0 atom stereocenters. The van der Waals surface area contributed by atoms with Crippen LogP contribution >= 0.6 is 0 Å². The van der Waals surface area contributed by atoms with Crippen LogP contribution < -0.4 is 5.73 Å². The van der Waals surface area contributed by atoms with Crippen molar-refractivity contribution >= 4 is 17.7 Å². The van der Waals surface area contributed by atoms with Gasteiger partial charge in [-0.15, -0.1) is 0 Å². The van der Waals surface area contributed by atoms with Gasteiger partial charge in [0.2, 0.25) is 5.91 Å². The summed E-state index contributed by atoms with van der Waals surface area (Å²) < 4.78 is 0. The lowest BCUT2D eigenvalue weighted by Crippen LogP contribution is -2.32. The van der Waals surface area contributed by atoms with Crippen molar-refractivity contribution in [2.24, 2.45) is 5.92 Å². The first-order chi connectivity index (χ1) is 8.52. The molecule has 98 valence electrons. The average Bonchev–Trinajstić information content (AvgIpc) is 2.34. The first-order valence-electron chi connectivity index (χ1n) is 6.35. The number of carbonyl (C=O) groups is 1. The van der Waals surface area contributed by atoms with Gasteiger partial charge in [0.15, 0.2) is 0 Å². The van der Waals surface area contributed by atoms with E-state index >= 15 is 0 Å². The Kier molecular flexibility index (Phi) is 5.43. The first-order valence-corrected chi connectivity index (χ1v) is 6.35. The number of carbonyl (C=O) groups excluding carboxylic acids is 1. The van der Waals surface area contributed by atoms with Crippen molar-refractivity contribution in [3.8, 4) is 0 Å². The Morgan fingerprint density at radius 3 is 2.44 bits per heavy atom. The molecule has 3 heteroatoms. The number of likely N-dealkylation sites (N-methyl/N-ethyl adjacent to an activating group) is 1. The molecule has 1 amide bonds. The number of rotatable bonds is 5. The first kappa shape index (κ1) is 14.3. The Balaban J connectivity index is 2.65. The minimum Gasteiger partial charge on any atom is -0.399 e. The van der Waals surface area contributed by atoms with E-state index in [1.165, 1.54) is 0 Å². The zero-order valence-corrected chi connectivity index (χ0v) is 11.4. The SMILES string of the molecule is CCN(CC(C)C)C(=O)/C=C/c1ccc(N)cc1. The minimum atomic E-state index is 0.0584. The van der Waals surface area contributed by atoms with E-state index in [-0.39, 0.29) is 5.91 Å². The van der Waals surface area contributed by atoms with Gasteiger partial charge in [0, 0.05) is 24.9 Å². The third-order valence-electron chi connectivity index (χ3n) is 2.63. The number of amides is 1. The molecule has 2 N–H and O–H groups in total. The second-order valence-corrected chi connectivity index (χ2v) is 4.77. The molecule has 1 rings (SSSR count). The molecule has 0 aliphatic rings. The molecule has 0 fully saturated rings. The molecule has 1 aromatic carbocycles. The third kappa shape index (κ3) is 4.62. The van der Waals surface area contributed by atoms with Gasteiger partial charge in [-0.25, -0.2) is 0 Å². The van der Waals surface area contributed by atoms with Crippen molar-refractivity contribution in [2.75, 3.05) is 18.8 Å². The summed E-state index contributed by atoms with van der Waals surface area (Å²) in [6.45, 7) is 7.75. The fourth-order valence-electron chi connectivity index (χ4n) is 1.70. The molecule has 0 bridgehead atoms. The van der Waals surface area contributed by atoms with Crippen LogP contribution in [-0.4, -0.2) is 23.9 Å². The summed E-state index contributed by atoms with van der Waals surface area (Å²) in [7, 11) is 0. The molecule has 0 saturated heterocycles. The lowest BCUT2D eigenvalue weighted by Gasteiger charge is -2.21. The van der Waals surface area contributed by atoms with Gasteiger partial charge >= 0.3 is 0 Å². The van der Waals surface area contributed by atoms with Gasteiger partial charge < -0.3 is 10.6 Å². The maximum absolute atomic E-state index is 12.0. The molecule has 0 radical (unpaired) electrons. The number of nitrogens with zero attached hydrogens (tertiary/aromatic N) is 1. The smallest absolute Gasteiger partial charge is 0.246 e. The van der Waals surface area contributed by atoms with Crippen molar-refractivity contribution < 1.29 is 4.79 Å². The Bertz CT molecular complexity index is 407. The lowest BCUT2D eigenvalue weighted by atomic mass is 10.2. The van der Waals surface area contributed by atoms with E-state index in [2.05, 4.69) is 13.8 Å². The third-order valence-corrected chi connectivity index (χ3v) is 2.63. The second kappa shape index (κ2) is 6.84. The van der Waals surface area contributed by atoms with Crippen molar-refractivity contribution in [2.45, 2.75) is 20.8 Å². The van der Waals surface area contributed by atoms with E-state index in [0.717, 1.165) is 24.3 Å². The zero-order valence-electron chi connectivity index (χ0n) is 11.4. The van der Waals surface area contributed by atoms with Gasteiger partial charge in [-0.2, -0.15) is 0 Å². The summed E-state index contributed by atoms with van der Waals surface area (Å²) in [6, 6.07) is 7.46. The Labute approximate surface area is 109 Å². The van der Waals surface area contributed by atoms with Crippen LogP contribution in [0.25, 0.3) is 6.08 Å². The number of anilines is 1. The van der Waals surface area contributed by atoms with Crippen LogP contribution in [0.5, 0.6) is 0 Å². The van der Waals surface area contributed by atoms with E-state index in [9.17, 15) is 4.79 Å². The largest absolute Gasteiger partial charge is 0.399 e. The Morgan fingerprint density at radius 2 is 1.94 bits per heavy atom. The number of benzene rings is 1. The summed E-state index contributed by atoms with van der Waals surface area (Å²) in [5.41, 5.74) is 7.32. The molecule has 0 aliphatic heterocycles. The summed E-state index contributed by atoms with van der Waals surface area (Å²) >= 11 is 0. The van der Waals surface area contributed by atoms with Crippen LogP contribution in [0.15, 0.2) is 30.3 Å². The van der Waals surface area contributed by atoms with Crippen molar-refractivity contribution in [1.29, 1.82) is 0 Å². The fourth-order valence-corrected chi connectivity index (χ4v) is 1.70. The maximum Gasteiger partial charge on any atom is 0.246 e. The molecule has 0 unspecified atom stereocenters. The van der Waals surface area contributed by atoms with Crippen LogP contribution in [0.4, 0.5) is 5.69 Å². The molecule has 0 aromatic heterocycles. The highest BCUT2D eigenvalue weighted by Crippen LogP contribution is 2.08. The van der Waals surface area contributed by atoms with Crippen LogP contribution in [-0.2, 0) is 4.79 Å². The molecule has 1 aromatic rings. The zero-order chi connectivity index (χ0) is 13.5. The quantitative estimate of drug-likeness (QED) is 0.641. The highest BCUT2D eigenvalue weighted by Gasteiger charge is 2.09. The van der Waals surface area contributed by atoms with E-state index in [1.54, 1.807) is 6.08 Å². The number of nitrogen functional groups attached to an aromatic ring is 1. The average molecular weight is 246 g/mol. The Morgan fingerprint density at radius 1 is 1.33 bits per heavy atom. The molecule has 0 aliphatic carbocycles. The summed E-state index contributed by atoms with van der Waals surface area (Å²) in [5, 5.41) is 0. The topological polar surface area (TPSA) is 46.3 Å². The summed E-state index contributed by atoms with van der Waals surface area (Å²) in [6.07, 6.45) is 3.45. The van der Waals surface area contributed by atoms with Gasteiger partial charge in [-0.1, -0.05) is 26.0 Å². The summed E-state index contributed by atoms with van der Waals surface area (Å²) in [4.78, 5) is 13.8. The van der Waals surface area contributed by atoms with Crippen molar-refractivity contribution in [1.82, 2.24) is 4.90 Å². The molecule has 0 saturated carbocycles. The molecule has 0 heterocycles. The predicted molar refractivity (Wildman–Crippen MR) is 77.0 cm³/mol. The fraction of sp³-hybridized carbons (Fsp3) is 0.400. The minimum absolute atomic E-state index is 0.0584. The highest BCUT2D eigenvalue weighted by atomic mass is 16.2. The predicted octanol–water partition coefficient (Wildman–Crippen LogP) is 2.79. The molecule has 18 heavy (non-hydrogen) atoms. The van der Waals surface area contributed by atoms with Gasteiger partial charge in [0.05, 0.1) is 0 Å². The lowest BCUT2D eigenvalue weighted by molar-refractivity contribution is -0.126. The molecule has 3 nitrogen and oxygen atoms in total. The standard InChI is InChI=1S/C15H22N2O/c1-4-17(11-12(2)3)15(18)10-7-13-5-8-14(16)9-6-13/h5-10,12H,4,11,16H2,1-3H3/b10-7+. The van der Waals surface area contributed by atoms with Crippen molar-refractivity contribution in [3.63, 3.8) is 0 Å². The van der Waals surface area contributed by atoms with Crippen LogP contribution in [0.1, 0.15) is 26.3 Å². The van der Waals surface area contributed by atoms with Gasteiger partial charge in [0.25, 0.3) is 0 Å².